The first-order valence-electron chi connectivity index (χ1n) is 12.4. The smallest absolute Gasteiger partial charge is 0.304 e. The maximum atomic E-state index is 10.6. The first-order valence-corrected chi connectivity index (χ1v) is 12.4. The van der Waals surface area contributed by atoms with Gasteiger partial charge in [-0.15, -0.1) is 0 Å². The number of unbranched alkanes of at least 4 members (excludes halogenated alkanes) is 1. The summed E-state index contributed by atoms with van der Waals surface area (Å²) in [5, 5.41) is 19.7. The number of carbonyl (C=O) groups is 1. The van der Waals surface area contributed by atoms with Crippen molar-refractivity contribution in [1.29, 1.82) is 0 Å². The van der Waals surface area contributed by atoms with Crippen molar-refractivity contribution in [2.24, 2.45) is 0 Å². The lowest BCUT2D eigenvalue weighted by Crippen LogP contribution is -2.17. The zero-order valence-electron chi connectivity index (χ0n) is 20.5. The van der Waals surface area contributed by atoms with Gasteiger partial charge >= 0.3 is 5.97 Å². The van der Waals surface area contributed by atoms with Crippen LogP contribution in [-0.2, 0) is 11.3 Å². The van der Waals surface area contributed by atoms with Crippen molar-refractivity contribution in [3.05, 3.63) is 90.0 Å². The van der Waals surface area contributed by atoms with Crippen molar-refractivity contribution < 1.29 is 14.4 Å². The van der Waals surface area contributed by atoms with Gasteiger partial charge in [-0.25, -0.2) is 0 Å². The van der Waals surface area contributed by atoms with Crippen LogP contribution < -0.4 is 10.6 Å². The number of carboxylic acids is 1. The van der Waals surface area contributed by atoms with E-state index in [0.29, 0.717) is 24.8 Å². The Morgan fingerprint density at radius 3 is 2.42 bits per heavy atom. The molecule has 0 saturated heterocycles. The molecule has 4 rings (SSSR count). The highest BCUT2D eigenvalue weighted by Crippen LogP contribution is 2.28. The van der Waals surface area contributed by atoms with Crippen LogP contribution >= 0.6 is 0 Å². The van der Waals surface area contributed by atoms with Crippen molar-refractivity contribution in [3.8, 4) is 22.8 Å². The molecule has 186 valence electrons. The molecule has 1 atom stereocenters. The summed E-state index contributed by atoms with van der Waals surface area (Å²) in [6, 6.07) is 26.6. The molecule has 7 nitrogen and oxygen atoms in total. The van der Waals surface area contributed by atoms with Crippen molar-refractivity contribution in [3.63, 3.8) is 0 Å². The third kappa shape index (κ3) is 7.02. The number of hydrogen-bond donors (Lipinski definition) is 3. The summed E-state index contributed by atoms with van der Waals surface area (Å²) >= 11 is 0. The lowest BCUT2D eigenvalue weighted by molar-refractivity contribution is -0.136. The molecule has 0 radical (unpaired) electrons. The van der Waals surface area contributed by atoms with Crippen LogP contribution in [0.1, 0.15) is 49.8 Å². The highest BCUT2D eigenvalue weighted by Gasteiger charge is 2.14. The average molecular weight is 485 g/mol. The molecule has 0 fully saturated rings. The summed E-state index contributed by atoms with van der Waals surface area (Å²) < 4.78 is 5.46. The Bertz CT molecular complexity index is 1220. The largest absolute Gasteiger partial charge is 0.481 e. The Hall–Kier alpha value is -3.97. The molecule has 0 aliphatic rings. The number of hydrogen-bond acceptors (Lipinski definition) is 6. The zero-order valence-corrected chi connectivity index (χ0v) is 20.5. The van der Waals surface area contributed by atoms with E-state index in [-0.39, 0.29) is 12.5 Å². The summed E-state index contributed by atoms with van der Waals surface area (Å²) in [5.41, 5.74) is 5.20. The quantitative estimate of drug-likeness (QED) is 0.191. The molecule has 36 heavy (non-hydrogen) atoms. The Morgan fingerprint density at radius 1 is 0.972 bits per heavy atom. The second-order valence-corrected chi connectivity index (χ2v) is 8.77. The molecule has 0 bridgehead atoms. The second kappa shape index (κ2) is 12.7. The molecule has 1 unspecified atom stereocenters. The van der Waals surface area contributed by atoms with Gasteiger partial charge in [0, 0.05) is 29.9 Å². The van der Waals surface area contributed by atoms with Gasteiger partial charge < -0.3 is 20.3 Å². The molecule has 0 aliphatic carbocycles. The van der Waals surface area contributed by atoms with Gasteiger partial charge in [0.2, 0.25) is 5.82 Å². The first-order chi connectivity index (χ1) is 17.6. The predicted molar refractivity (Wildman–Crippen MR) is 141 cm³/mol. The number of aliphatic carboxylic acids is 1. The van der Waals surface area contributed by atoms with E-state index in [1.807, 2.05) is 42.5 Å². The van der Waals surface area contributed by atoms with E-state index in [1.165, 1.54) is 5.56 Å². The lowest BCUT2D eigenvalue weighted by atomic mass is 9.99. The van der Waals surface area contributed by atoms with E-state index in [1.54, 1.807) is 0 Å². The monoisotopic (exact) mass is 484 g/mol. The van der Waals surface area contributed by atoms with Gasteiger partial charge in [-0.3, -0.25) is 4.79 Å². The number of anilines is 1. The standard InChI is InChI=1S/C29H32N4O3/c1-2-3-9-26(31-25-16-10-21(11-17-25)20-30-19-18-27(34)35)22-12-14-23(15-13-22)28-32-29(36-33-28)24-7-5-4-6-8-24/h4-8,10-17,26,30-31H,2-3,9,18-20H2,1H3,(H,34,35). The van der Waals surface area contributed by atoms with Gasteiger partial charge in [-0.1, -0.05) is 79.5 Å². The minimum Gasteiger partial charge on any atom is -0.481 e. The van der Waals surface area contributed by atoms with Crippen LogP contribution in [0.25, 0.3) is 22.8 Å². The summed E-state index contributed by atoms with van der Waals surface area (Å²) in [6.07, 6.45) is 3.39. The Balaban J connectivity index is 1.41. The summed E-state index contributed by atoms with van der Waals surface area (Å²) in [4.78, 5) is 15.2. The fourth-order valence-electron chi connectivity index (χ4n) is 3.98. The van der Waals surface area contributed by atoms with Gasteiger partial charge in [0.05, 0.1) is 12.5 Å². The van der Waals surface area contributed by atoms with E-state index in [2.05, 4.69) is 64.1 Å². The molecule has 0 spiro atoms. The van der Waals surface area contributed by atoms with Crippen molar-refractivity contribution in [1.82, 2.24) is 15.5 Å². The van der Waals surface area contributed by atoms with Crippen LogP contribution in [0.15, 0.2) is 83.4 Å². The SMILES string of the molecule is CCCCC(Nc1ccc(CNCCC(=O)O)cc1)c1ccc(-c2noc(-c3ccccc3)n2)cc1. The third-order valence-corrected chi connectivity index (χ3v) is 6.00. The summed E-state index contributed by atoms with van der Waals surface area (Å²) in [5.74, 6) is 0.297. The maximum absolute atomic E-state index is 10.6. The van der Waals surface area contributed by atoms with Crippen molar-refractivity contribution >= 4 is 11.7 Å². The third-order valence-electron chi connectivity index (χ3n) is 6.00. The van der Waals surface area contributed by atoms with Gasteiger partial charge in [0.25, 0.3) is 5.89 Å². The fourth-order valence-corrected chi connectivity index (χ4v) is 3.98. The van der Waals surface area contributed by atoms with E-state index in [9.17, 15) is 4.79 Å². The maximum Gasteiger partial charge on any atom is 0.304 e. The normalized spacial score (nSPS) is 11.8. The van der Waals surface area contributed by atoms with E-state index >= 15 is 0 Å². The molecule has 3 N–H and O–H groups in total. The number of benzene rings is 3. The molecule has 1 aromatic heterocycles. The van der Waals surface area contributed by atoms with Crippen LogP contribution in [0.2, 0.25) is 0 Å². The summed E-state index contributed by atoms with van der Waals surface area (Å²) in [6.45, 7) is 3.31. The predicted octanol–water partition coefficient (Wildman–Crippen LogP) is 6.31. The van der Waals surface area contributed by atoms with Gasteiger partial charge in [-0.05, 0) is 41.8 Å². The minimum absolute atomic E-state index is 0.123. The second-order valence-electron chi connectivity index (χ2n) is 8.77. The number of rotatable bonds is 13. The number of nitrogens with one attached hydrogen (secondary N) is 2. The molecular formula is C29H32N4O3. The van der Waals surface area contributed by atoms with Crippen LogP contribution in [0.3, 0.4) is 0 Å². The molecule has 7 heteroatoms. The van der Waals surface area contributed by atoms with Gasteiger partial charge in [0.1, 0.15) is 0 Å². The highest BCUT2D eigenvalue weighted by molar-refractivity contribution is 5.66. The highest BCUT2D eigenvalue weighted by atomic mass is 16.5. The van der Waals surface area contributed by atoms with E-state index in [0.717, 1.165) is 41.6 Å². The van der Waals surface area contributed by atoms with Crippen molar-refractivity contribution in [2.45, 2.75) is 45.2 Å². The van der Waals surface area contributed by atoms with Crippen molar-refractivity contribution in [2.75, 3.05) is 11.9 Å². The number of aromatic nitrogens is 2. The van der Waals surface area contributed by atoms with Crippen LogP contribution in [0.5, 0.6) is 0 Å². The Kier molecular flexibility index (Phi) is 8.83. The number of nitrogens with zero attached hydrogens (tertiary/aromatic N) is 2. The summed E-state index contributed by atoms with van der Waals surface area (Å²) in [7, 11) is 0. The van der Waals surface area contributed by atoms with Crippen LogP contribution in [0, 0.1) is 0 Å². The molecule has 0 amide bonds. The van der Waals surface area contributed by atoms with Crippen LogP contribution in [0.4, 0.5) is 5.69 Å². The minimum atomic E-state index is -0.789. The van der Waals surface area contributed by atoms with E-state index < -0.39 is 5.97 Å². The number of carboxylic acid groups (broad SMARTS) is 1. The first kappa shape index (κ1) is 25.1. The molecule has 0 saturated carbocycles. The molecule has 4 aromatic rings. The fraction of sp³-hybridized carbons (Fsp3) is 0.276. The molecule has 3 aromatic carbocycles. The zero-order chi connectivity index (χ0) is 25.2. The van der Waals surface area contributed by atoms with Gasteiger partial charge in [-0.2, -0.15) is 4.98 Å². The van der Waals surface area contributed by atoms with E-state index in [4.69, 9.17) is 9.63 Å². The molecule has 1 heterocycles. The lowest BCUT2D eigenvalue weighted by Gasteiger charge is -2.21. The van der Waals surface area contributed by atoms with Crippen LogP contribution in [-0.4, -0.2) is 27.8 Å². The van der Waals surface area contributed by atoms with Gasteiger partial charge in [0.15, 0.2) is 0 Å². The average Bonchev–Trinajstić information content (AvgIpc) is 3.41. The molecular weight excluding hydrogens is 452 g/mol. The molecule has 0 aliphatic heterocycles. The Labute approximate surface area is 211 Å². The topological polar surface area (TPSA) is 100 Å². The Morgan fingerprint density at radius 2 is 1.72 bits per heavy atom.